The monoisotopic (exact) mass is 288 g/mol. The van der Waals surface area contributed by atoms with Gasteiger partial charge in [0.15, 0.2) is 0 Å². The third-order valence-corrected chi connectivity index (χ3v) is 3.80. The van der Waals surface area contributed by atoms with Gasteiger partial charge in [-0.05, 0) is 30.0 Å². The van der Waals surface area contributed by atoms with Crippen LogP contribution in [0.5, 0.6) is 0 Å². The Kier molecular flexibility index (Phi) is 3.23. The molecule has 2 heterocycles. The lowest BCUT2D eigenvalue weighted by atomic mass is 10.2. The van der Waals surface area contributed by atoms with Crippen molar-refractivity contribution in [2.45, 2.75) is 10.1 Å². The quantitative estimate of drug-likeness (QED) is 0.578. The van der Waals surface area contributed by atoms with Crippen molar-refractivity contribution in [3.8, 4) is 0 Å². The maximum atomic E-state index is 5.90. The number of nitrogen functional groups attached to an aromatic ring is 1. The van der Waals surface area contributed by atoms with Crippen molar-refractivity contribution in [1.82, 2.24) is 15.0 Å². The number of aromatic nitrogens is 3. The summed E-state index contributed by atoms with van der Waals surface area (Å²) in [7, 11) is 0. The Labute approximate surface area is 119 Å². The molecule has 3 rings (SSSR count). The van der Waals surface area contributed by atoms with Crippen molar-refractivity contribution in [2.75, 3.05) is 5.73 Å². The van der Waals surface area contributed by atoms with Crippen molar-refractivity contribution >= 4 is 40.0 Å². The minimum absolute atomic E-state index is 0.412. The number of anilines is 1. The van der Waals surface area contributed by atoms with E-state index in [2.05, 4.69) is 15.0 Å². The Bertz CT molecular complexity index is 742. The van der Waals surface area contributed by atoms with Crippen LogP contribution in [0.4, 0.5) is 5.69 Å². The maximum Gasteiger partial charge on any atom is 0.130 e. The van der Waals surface area contributed by atoms with E-state index >= 15 is 0 Å². The zero-order valence-electron chi connectivity index (χ0n) is 9.75. The molecule has 2 aromatic heterocycles. The highest BCUT2D eigenvalue weighted by Crippen LogP contribution is 2.33. The zero-order valence-corrected chi connectivity index (χ0v) is 11.3. The van der Waals surface area contributed by atoms with E-state index in [-0.39, 0.29) is 0 Å². The molecule has 0 spiro atoms. The number of hydrogen-bond acceptors (Lipinski definition) is 5. The van der Waals surface area contributed by atoms with Crippen LogP contribution in [0.2, 0.25) is 5.15 Å². The summed E-state index contributed by atoms with van der Waals surface area (Å²) in [5.74, 6) is 0. The van der Waals surface area contributed by atoms with Gasteiger partial charge < -0.3 is 5.73 Å². The van der Waals surface area contributed by atoms with Crippen LogP contribution in [0.15, 0.2) is 52.8 Å². The number of halogens is 1. The third kappa shape index (κ3) is 2.47. The molecule has 4 nitrogen and oxygen atoms in total. The molecule has 0 bridgehead atoms. The van der Waals surface area contributed by atoms with E-state index in [0.29, 0.717) is 15.9 Å². The van der Waals surface area contributed by atoms with E-state index in [1.165, 1.54) is 18.1 Å². The summed E-state index contributed by atoms with van der Waals surface area (Å²) in [5, 5.41) is 2.84. The third-order valence-electron chi connectivity index (χ3n) is 2.56. The average Bonchev–Trinajstić information content (AvgIpc) is 2.43. The molecular formula is C13H9ClN4S. The maximum absolute atomic E-state index is 5.90. The van der Waals surface area contributed by atoms with Crippen LogP contribution in [0.25, 0.3) is 10.9 Å². The molecule has 19 heavy (non-hydrogen) atoms. The van der Waals surface area contributed by atoms with Gasteiger partial charge in [0.1, 0.15) is 21.5 Å². The molecule has 6 heteroatoms. The molecule has 2 N–H and O–H groups in total. The van der Waals surface area contributed by atoms with Gasteiger partial charge in [0, 0.05) is 5.39 Å². The highest BCUT2D eigenvalue weighted by Gasteiger charge is 2.09. The fourth-order valence-electron chi connectivity index (χ4n) is 1.66. The smallest absolute Gasteiger partial charge is 0.130 e. The molecule has 0 unspecified atom stereocenters. The lowest BCUT2D eigenvalue weighted by Gasteiger charge is -2.06. The molecule has 0 amide bonds. The Morgan fingerprint density at radius 2 is 1.84 bits per heavy atom. The molecule has 0 atom stereocenters. The molecule has 0 saturated heterocycles. The van der Waals surface area contributed by atoms with Crippen molar-refractivity contribution in [2.24, 2.45) is 0 Å². The summed E-state index contributed by atoms with van der Waals surface area (Å²) in [5.41, 5.74) is 7.37. The van der Waals surface area contributed by atoms with Crippen LogP contribution in [0.1, 0.15) is 0 Å². The summed E-state index contributed by atoms with van der Waals surface area (Å²) in [6.07, 6.45) is 1.53. The number of nitrogens with zero attached hydrogens (tertiary/aromatic N) is 3. The number of pyridine rings is 1. The Balaban J connectivity index is 2.08. The summed E-state index contributed by atoms with van der Waals surface area (Å²) in [4.78, 5) is 12.7. The van der Waals surface area contributed by atoms with E-state index in [1.807, 2.05) is 24.3 Å². The topological polar surface area (TPSA) is 64.7 Å². The molecule has 0 aliphatic carbocycles. The molecule has 0 fully saturated rings. The van der Waals surface area contributed by atoms with Gasteiger partial charge in [-0.25, -0.2) is 15.0 Å². The molecule has 0 saturated carbocycles. The van der Waals surface area contributed by atoms with Crippen LogP contribution in [-0.4, -0.2) is 15.0 Å². The number of benzene rings is 1. The fourth-order valence-corrected chi connectivity index (χ4v) is 2.76. The number of hydrogen-bond donors (Lipinski definition) is 1. The number of para-hydroxylation sites is 1. The van der Waals surface area contributed by atoms with Crippen LogP contribution in [-0.2, 0) is 0 Å². The normalized spacial score (nSPS) is 10.8. The molecule has 0 aliphatic rings. The van der Waals surface area contributed by atoms with Gasteiger partial charge in [0.05, 0.1) is 11.2 Å². The van der Waals surface area contributed by atoms with E-state index in [0.717, 1.165) is 15.9 Å². The lowest BCUT2D eigenvalue weighted by molar-refractivity contribution is 1.08. The summed E-state index contributed by atoms with van der Waals surface area (Å²) >= 11 is 7.27. The predicted molar refractivity (Wildman–Crippen MR) is 77.3 cm³/mol. The molecule has 94 valence electrons. The van der Waals surface area contributed by atoms with E-state index in [9.17, 15) is 0 Å². The van der Waals surface area contributed by atoms with Crippen LogP contribution < -0.4 is 5.73 Å². The number of rotatable bonds is 2. The van der Waals surface area contributed by atoms with E-state index in [4.69, 9.17) is 17.3 Å². The first-order valence-corrected chi connectivity index (χ1v) is 6.73. The Morgan fingerprint density at radius 1 is 1.00 bits per heavy atom. The van der Waals surface area contributed by atoms with Gasteiger partial charge >= 0.3 is 0 Å². The largest absolute Gasteiger partial charge is 0.397 e. The van der Waals surface area contributed by atoms with Gasteiger partial charge in [-0.1, -0.05) is 29.8 Å². The van der Waals surface area contributed by atoms with Gasteiger partial charge in [-0.3, -0.25) is 0 Å². The van der Waals surface area contributed by atoms with Crippen LogP contribution >= 0.6 is 23.4 Å². The van der Waals surface area contributed by atoms with Gasteiger partial charge in [-0.15, -0.1) is 0 Å². The Hall–Kier alpha value is -1.85. The van der Waals surface area contributed by atoms with Crippen molar-refractivity contribution < 1.29 is 0 Å². The van der Waals surface area contributed by atoms with Gasteiger partial charge in [0.25, 0.3) is 0 Å². The fraction of sp³-hybridized carbons (Fsp3) is 0. The zero-order chi connectivity index (χ0) is 13.2. The highest BCUT2D eigenvalue weighted by molar-refractivity contribution is 7.99. The molecule has 1 aromatic carbocycles. The van der Waals surface area contributed by atoms with E-state index in [1.54, 1.807) is 12.1 Å². The van der Waals surface area contributed by atoms with Crippen molar-refractivity contribution in [3.63, 3.8) is 0 Å². The minimum atomic E-state index is 0.412. The standard InChI is InChI=1S/C13H9ClN4S/c14-11-6-5-9(15)13(18-11)19-12-8-3-1-2-4-10(8)16-7-17-12/h1-7H,15H2. The Morgan fingerprint density at radius 3 is 2.74 bits per heavy atom. The second-order valence-corrected chi connectivity index (χ2v) is 5.19. The molecule has 3 aromatic rings. The minimum Gasteiger partial charge on any atom is -0.397 e. The molecular weight excluding hydrogens is 280 g/mol. The molecule has 0 radical (unpaired) electrons. The summed E-state index contributed by atoms with van der Waals surface area (Å²) < 4.78 is 0. The first-order chi connectivity index (χ1) is 9.24. The average molecular weight is 289 g/mol. The van der Waals surface area contributed by atoms with Crippen LogP contribution in [0.3, 0.4) is 0 Å². The summed E-state index contributed by atoms with van der Waals surface area (Å²) in [6, 6.07) is 11.2. The first kappa shape index (κ1) is 12.2. The second-order valence-electron chi connectivity index (χ2n) is 3.83. The number of fused-ring (bicyclic) bond motifs is 1. The SMILES string of the molecule is Nc1ccc(Cl)nc1Sc1ncnc2ccccc12. The number of nitrogens with two attached hydrogens (primary N) is 1. The highest BCUT2D eigenvalue weighted by atomic mass is 35.5. The van der Waals surface area contributed by atoms with Crippen molar-refractivity contribution in [1.29, 1.82) is 0 Å². The van der Waals surface area contributed by atoms with Crippen LogP contribution in [0, 0.1) is 0 Å². The first-order valence-electron chi connectivity index (χ1n) is 5.53. The summed E-state index contributed by atoms with van der Waals surface area (Å²) in [6.45, 7) is 0. The lowest BCUT2D eigenvalue weighted by Crippen LogP contribution is -1.93. The van der Waals surface area contributed by atoms with Gasteiger partial charge in [0.2, 0.25) is 0 Å². The molecule has 0 aliphatic heterocycles. The van der Waals surface area contributed by atoms with Gasteiger partial charge in [-0.2, -0.15) is 0 Å². The predicted octanol–water partition coefficient (Wildman–Crippen LogP) is 3.41. The van der Waals surface area contributed by atoms with E-state index < -0.39 is 0 Å². The van der Waals surface area contributed by atoms with Crippen molar-refractivity contribution in [3.05, 3.63) is 47.9 Å². The second kappa shape index (κ2) is 5.03.